The molecule has 0 aliphatic heterocycles. The van der Waals surface area contributed by atoms with Crippen molar-refractivity contribution in [3.63, 3.8) is 0 Å². The van der Waals surface area contributed by atoms with Crippen LogP contribution in [0.25, 0.3) is 10.9 Å². The molecule has 0 saturated heterocycles. The molecule has 2 N–H and O–H groups in total. The fourth-order valence-corrected chi connectivity index (χ4v) is 2.99. The normalized spacial score (nSPS) is 16.7. The maximum atomic E-state index is 5.84. The van der Waals surface area contributed by atoms with Gasteiger partial charge in [-0.15, -0.1) is 0 Å². The Labute approximate surface area is 113 Å². The number of anilines is 2. The van der Waals surface area contributed by atoms with Gasteiger partial charge in [0.25, 0.3) is 0 Å². The summed E-state index contributed by atoms with van der Waals surface area (Å²) in [7, 11) is 2.13. The van der Waals surface area contributed by atoms with Crippen molar-refractivity contribution in [3.8, 4) is 0 Å². The molecule has 100 valence electrons. The Morgan fingerprint density at radius 3 is 2.63 bits per heavy atom. The molecule has 4 nitrogen and oxygen atoms in total. The van der Waals surface area contributed by atoms with Gasteiger partial charge in [-0.25, -0.2) is 4.98 Å². The van der Waals surface area contributed by atoms with Crippen molar-refractivity contribution in [2.75, 3.05) is 17.7 Å². The molecular formula is C15H20N4. The van der Waals surface area contributed by atoms with E-state index in [9.17, 15) is 0 Å². The number of hydrogen-bond donors (Lipinski definition) is 1. The predicted octanol–water partition coefficient (Wildman–Crippen LogP) is 2.98. The highest BCUT2D eigenvalue weighted by molar-refractivity contribution is 5.90. The van der Waals surface area contributed by atoms with E-state index >= 15 is 0 Å². The van der Waals surface area contributed by atoms with Gasteiger partial charge in [-0.2, -0.15) is 4.98 Å². The van der Waals surface area contributed by atoms with Crippen LogP contribution in [-0.2, 0) is 0 Å². The second kappa shape index (κ2) is 5.03. The van der Waals surface area contributed by atoms with Gasteiger partial charge in [0.2, 0.25) is 5.95 Å². The van der Waals surface area contributed by atoms with Gasteiger partial charge >= 0.3 is 0 Å². The van der Waals surface area contributed by atoms with E-state index in [0.29, 0.717) is 12.0 Å². The summed E-state index contributed by atoms with van der Waals surface area (Å²) < 4.78 is 0. The molecule has 0 unspecified atom stereocenters. The molecule has 0 radical (unpaired) electrons. The Kier molecular flexibility index (Phi) is 3.23. The van der Waals surface area contributed by atoms with Crippen LogP contribution >= 0.6 is 0 Å². The zero-order valence-corrected chi connectivity index (χ0v) is 11.3. The second-order valence-electron chi connectivity index (χ2n) is 5.33. The molecule has 4 heteroatoms. The first-order valence-electron chi connectivity index (χ1n) is 7.01. The average Bonchev–Trinajstić information content (AvgIpc) is 2.46. The van der Waals surface area contributed by atoms with E-state index in [1.165, 1.54) is 32.1 Å². The summed E-state index contributed by atoms with van der Waals surface area (Å²) in [6.07, 6.45) is 6.47. The molecule has 1 aliphatic rings. The minimum absolute atomic E-state index is 0.358. The maximum Gasteiger partial charge on any atom is 0.222 e. The highest BCUT2D eigenvalue weighted by Gasteiger charge is 2.21. The number of nitrogen functional groups attached to an aromatic ring is 1. The topological polar surface area (TPSA) is 55.0 Å². The van der Waals surface area contributed by atoms with Gasteiger partial charge in [-0.05, 0) is 25.0 Å². The zero-order valence-electron chi connectivity index (χ0n) is 11.3. The lowest BCUT2D eigenvalue weighted by atomic mass is 9.94. The molecule has 3 rings (SSSR count). The minimum atomic E-state index is 0.358. The van der Waals surface area contributed by atoms with Crippen LogP contribution in [0.2, 0.25) is 0 Å². The third-order valence-electron chi connectivity index (χ3n) is 4.06. The first kappa shape index (κ1) is 12.2. The summed E-state index contributed by atoms with van der Waals surface area (Å²) in [6, 6.07) is 8.65. The highest BCUT2D eigenvalue weighted by Crippen LogP contribution is 2.29. The zero-order chi connectivity index (χ0) is 13.2. The first-order valence-corrected chi connectivity index (χ1v) is 7.01. The summed E-state index contributed by atoms with van der Waals surface area (Å²) in [5, 5.41) is 1.09. The SMILES string of the molecule is CN(c1nc(N)nc2ccccc12)C1CCCCC1. The van der Waals surface area contributed by atoms with Gasteiger partial charge in [0, 0.05) is 18.5 Å². The van der Waals surface area contributed by atoms with Crippen molar-refractivity contribution in [2.24, 2.45) is 0 Å². The number of benzene rings is 1. The Morgan fingerprint density at radius 2 is 1.84 bits per heavy atom. The number of aromatic nitrogens is 2. The first-order chi connectivity index (χ1) is 9.25. The summed E-state index contributed by atoms with van der Waals surface area (Å²) in [5.74, 6) is 1.33. The third kappa shape index (κ3) is 2.35. The fraction of sp³-hybridized carbons (Fsp3) is 0.467. The Morgan fingerprint density at radius 1 is 1.11 bits per heavy atom. The van der Waals surface area contributed by atoms with Crippen LogP contribution in [0.15, 0.2) is 24.3 Å². The number of fused-ring (bicyclic) bond motifs is 1. The summed E-state index contributed by atoms with van der Waals surface area (Å²) in [5.41, 5.74) is 6.77. The number of rotatable bonds is 2. The molecule has 19 heavy (non-hydrogen) atoms. The standard InChI is InChI=1S/C15H20N4/c1-19(11-7-3-2-4-8-11)14-12-9-5-6-10-13(12)17-15(16)18-14/h5-6,9-11H,2-4,7-8H2,1H3,(H2,16,17,18). The molecular weight excluding hydrogens is 236 g/mol. The largest absolute Gasteiger partial charge is 0.368 e. The molecule has 1 aliphatic carbocycles. The van der Waals surface area contributed by atoms with Crippen LogP contribution in [0, 0.1) is 0 Å². The van der Waals surface area contributed by atoms with Gasteiger partial charge < -0.3 is 10.6 Å². The van der Waals surface area contributed by atoms with Gasteiger partial charge in [0.1, 0.15) is 5.82 Å². The van der Waals surface area contributed by atoms with Crippen LogP contribution in [0.1, 0.15) is 32.1 Å². The van der Waals surface area contributed by atoms with Crippen LogP contribution in [0.5, 0.6) is 0 Å². The van der Waals surface area contributed by atoms with Crippen molar-refractivity contribution < 1.29 is 0 Å². The van der Waals surface area contributed by atoms with Crippen LogP contribution in [0.4, 0.5) is 11.8 Å². The maximum absolute atomic E-state index is 5.84. The number of nitrogens with two attached hydrogens (primary N) is 1. The quantitative estimate of drug-likeness (QED) is 0.897. The van der Waals surface area contributed by atoms with E-state index in [-0.39, 0.29) is 0 Å². The summed E-state index contributed by atoms with van der Waals surface area (Å²) in [6.45, 7) is 0. The fourth-order valence-electron chi connectivity index (χ4n) is 2.99. The van der Waals surface area contributed by atoms with Crippen molar-refractivity contribution in [1.29, 1.82) is 0 Å². The summed E-state index contributed by atoms with van der Waals surface area (Å²) in [4.78, 5) is 11.1. The lowest BCUT2D eigenvalue weighted by molar-refractivity contribution is 0.426. The van der Waals surface area contributed by atoms with E-state index in [4.69, 9.17) is 5.73 Å². The molecule has 1 aromatic carbocycles. The Bertz CT molecular complexity index is 575. The van der Waals surface area contributed by atoms with Gasteiger partial charge in [-0.1, -0.05) is 31.4 Å². The van der Waals surface area contributed by atoms with Crippen LogP contribution in [0.3, 0.4) is 0 Å². The lowest BCUT2D eigenvalue weighted by Gasteiger charge is -2.32. The smallest absolute Gasteiger partial charge is 0.222 e. The molecule has 0 amide bonds. The van der Waals surface area contributed by atoms with Crippen LogP contribution < -0.4 is 10.6 Å². The minimum Gasteiger partial charge on any atom is -0.368 e. The Balaban J connectivity index is 2.03. The Hall–Kier alpha value is -1.84. The number of para-hydroxylation sites is 1. The predicted molar refractivity (Wildman–Crippen MR) is 79.2 cm³/mol. The van der Waals surface area contributed by atoms with Gasteiger partial charge in [0.15, 0.2) is 0 Å². The van der Waals surface area contributed by atoms with Gasteiger partial charge in [-0.3, -0.25) is 0 Å². The number of nitrogens with zero attached hydrogens (tertiary/aromatic N) is 3. The van der Waals surface area contributed by atoms with Crippen molar-refractivity contribution in [2.45, 2.75) is 38.1 Å². The lowest BCUT2D eigenvalue weighted by Crippen LogP contribution is -2.34. The molecule has 1 heterocycles. The molecule has 1 saturated carbocycles. The molecule has 1 fully saturated rings. The van der Waals surface area contributed by atoms with Crippen molar-refractivity contribution >= 4 is 22.7 Å². The van der Waals surface area contributed by atoms with E-state index < -0.39 is 0 Å². The van der Waals surface area contributed by atoms with E-state index in [1.807, 2.05) is 18.2 Å². The van der Waals surface area contributed by atoms with Crippen molar-refractivity contribution in [1.82, 2.24) is 9.97 Å². The van der Waals surface area contributed by atoms with Crippen molar-refractivity contribution in [3.05, 3.63) is 24.3 Å². The molecule has 0 spiro atoms. The average molecular weight is 256 g/mol. The van der Waals surface area contributed by atoms with Gasteiger partial charge in [0.05, 0.1) is 5.52 Å². The van der Waals surface area contributed by atoms with E-state index in [1.54, 1.807) is 0 Å². The monoisotopic (exact) mass is 256 g/mol. The molecule has 0 atom stereocenters. The number of hydrogen-bond acceptors (Lipinski definition) is 4. The van der Waals surface area contributed by atoms with E-state index in [2.05, 4.69) is 28.0 Å². The molecule has 0 bridgehead atoms. The second-order valence-corrected chi connectivity index (χ2v) is 5.33. The third-order valence-corrected chi connectivity index (χ3v) is 4.06. The van der Waals surface area contributed by atoms with E-state index in [0.717, 1.165) is 16.7 Å². The van der Waals surface area contributed by atoms with Crippen LogP contribution in [-0.4, -0.2) is 23.1 Å². The summed E-state index contributed by atoms with van der Waals surface area (Å²) >= 11 is 0. The molecule has 1 aromatic heterocycles. The highest BCUT2D eigenvalue weighted by atomic mass is 15.2. The molecule has 2 aromatic rings.